The molecule has 2 aromatic carbocycles. The Bertz CT molecular complexity index is 1590. The topological polar surface area (TPSA) is 101 Å². The van der Waals surface area contributed by atoms with E-state index in [1.54, 1.807) is 47.4 Å². The summed E-state index contributed by atoms with van der Waals surface area (Å²) < 4.78 is 47.6. The molecule has 5 rings (SSSR count). The Balaban J connectivity index is 1.34. The van der Waals surface area contributed by atoms with Crippen LogP contribution in [0.4, 0.5) is 19.0 Å². The number of nitrogen functional groups attached to an aromatic ring is 1. The highest BCUT2D eigenvalue weighted by atomic mass is 35.5. The first-order chi connectivity index (χ1) is 19.6. The van der Waals surface area contributed by atoms with Crippen LogP contribution < -0.4 is 11.1 Å². The molecule has 0 saturated carbocycles. The monoisotopic (exact) mass is 582 g/mol. The first-order valence-corrected chi connectivity index (χ1v) is 13.4. The summed E-state index contributed by atoms with van der Waals surface area (Å²) in [5.74, 6) is -0.0717. The zero-order chi connectivity index (χ0) is 29.1. The number of alkyl halides is 4. The molecule has 0 unspecified atom stereocenters. The number of nitrogens with one attached hydrogen (secondary N) is 1. The lowest BCUT2D eigenvalue weighted by Gasteiger charge is -2.29. The molecule has 2 amide bonds. The molecule has 11 heteroatoms. The lowest BCUT2D eigenvalue weighted by atomic mass is 9.99. The summed E-state index contributed by atoms with van der Waals surface area (Å²) in [6, 6.07) is 13.9. The van der Waals surface area contributed by atoms with E-state index < -0.39 is 17.6 Å². The minimum absolute atomic E-state index is 0.0637. The number of amides is 2. The molecule has 1 saturated heterocycles. The van der Waals surface area contributed by atoms with E-state index in [2.05, 4.69) is 10.3 Å². The number of rotatable bonds is 6. The molecule has 2 aromatic heterocycles. The molecule has 0 atom stereocenters. The largest absolute Gasteiger partial charge is 0.459 e. The van der Waals surface area contributed by atoms with Gasteiger partial charge in [0.1, 0.15) is 17.2 Å². The van der Waals surface area contributed by atoms with E-state index in [0.29, 0.717) is 41.2 Å². The fourth-order valence-electron chi connectivity index (χ4n) is 4.63. The zero-order valence-electron chi connectivity index (χ0n) is 21.7. The predicted octanol–water partition coefficient (Wildman–Crippen LogP) is 6.27. The number of anilines is 1. The number of halogens is 4. The number of aromatic nitrogens is 1. The zero-order valence-corrected chi connectivity index (χ0v) is 22.5. The van der Waals surface area contributed by atoms with Crippen molar-refractivity contribution in [3.63, 3.8) is 0 Å². The van der Waals surface area contributed by atoms with Gasteiger partial charge in [-0.3, -0.25) is 9.59 Å². The highest BCUT2D eigenvalue weighted by molar-refractivity contribution is 6.20. The molecule has 1 aliphatic heterocycles. The Morgan fingerprint density at radius 2 is 1.80 bits per heavy atom. The first kappa shape index (κ1) is 28.2. The summed E-state index contributed by atoms with van der Waals surface area (Å²) in [5.41, 5.74) is 6.26. The number of furan rings is 1. The Labute approximate surface area is 238 Å². The van der Waals surface area contributed by atoms with Crippen molar-refractivity contribution in [1.29, 1.82) is 0 Å². The smallest absolute Gasteiger partial charge is 0.420 e. The van der Waals surface area contributed by atoms with Gasteiger partial charge in [0.15, 0.2) is 0 Å². The Morgan fingerprint density at radius 1 is 1.07 bits per heavy atom. The Kier molecular flexibility index (Phi) is 8.03. The van der Waals surface area contributed by atoms with Gasteiger partial charge >= 0.3 is 6.18 Å². The number of hydrogen-bond acceptors (Lipinski definition) is 5. The summed E-state index contributed by atoms with van der Waals surface area (Å²) in [6.45, 7) is 1.03. The normalized spacial score (nSPS) is 14.6. The number of carbonyl (C=O) groups is 2. The van der Waals surface area contributed by atoms with Gasteiger partial charge in [-0.1, -0.05) is 12.1 Å². The van der Waals surface area contributed by atoms with Crippen molar-refractivity contribution in [3.05, 3.63) is 89.3 Å². The second-order valence-corrected chi connectivity index (χ2v) is 10.4. The molecule has 0 bridgehead atoms. The van der Waals surface area contributed by atoms with Crippen molar-refractivity contribution in [3.8, 4) is 11.1 Å². The molecule has 0 radical (unpaired) electrons. The van der Waals surface area contributed by atoms with Crippen LogP contribution in [0.5, 0.6) is 0 Å². The molecule has 1 aliphatic rings. The van der Waals surface area contributed by atoms with Crippen LogP contribution in [0.1, 0.15) is 40.1 Å². The average Bonchev–Trinajstić information content (AvgIpc) is 3.38. The van der Waals surface area contributed by atoms with Gasteiger partial charge in [0, 0.05) is 41.7 Å². The lowest BCUT2D eigenvalue weighted by molar-refractivity contribution is -0.136. The summed E-state index contributed by atoms with van der Waals surface area (Å²) in [7, 11) is 0. The van der Waals surface area contributed by atoms with Gasteiger partial charge in [0.25, 0.3) is 5.91 Å². The van der Waals surface area contributed by atoms with E-state index in [4.69, 9.17) is 21.8 Å². The molecular formula is C30H26ClF3N4O3. The van der Waals surface area contributed by atoms with Crippen LogP contribution in [0.25, 0.3) is 28.2 Å². The minimum Gasteiger partial charge on any atom is -0.459 e. The SMILES string of the molecule is Nc1ccc(C=CC(=O)NCc2cc3cc(-c4ccc(C(=O)N5CCC(Cl)CC5)cc4)cc(C(F)(F)F)c3o2)cn1. The maximum atomic E-state index is 14.0. The summed E-state index contributed by atoms with van der Waals surface area (Å²) in [4.78, 5) is 30.7. The van der Waals surface area contributed by atoms with Crippen molar-refractivity contribution in [2.45, 2.75) is 30.9 Å². The van der Waals surface area contributed by atoms with Gasteiger partial charge in [-0.25, -0.2) is 4.98 Å². The third-order valence-electron chi connectivity index (χ3n) is 6.82. The van der Waals surface area contributed by atoms with Gasteiger partial charge in [0.05, 0.1) is 12.1 Å². The number of fused-ring (bicyclic) bond motifs is 1. The number of likely N-dealkylation sites (tertiary alicyclic amines) is 1. The number of nitrogens with zero attached hydrogens (tertiary/aromatic N) is 2. The van der Waals surface area contributed by atoms with E-state index in [-0.39, 0.29) is 34.6 Å². The van der Waals surface area contributed by atoms with E-state index >= 15 is 0 Å². The molecule has 41 heavy (non-hydrogen) atoms. The van der Waals surface area contributed by atoms with Crippen molar-refractivity contribution in [2.24, 2.45) is 0 Å². The van der Waals surface area contributed by atoms with Crippen LogP contribution >= 0.6 is 11.6 Å². The molecule has 0 aliphatic carbocycles. The van der Waals surface area contributed by atoms with Crippen molar-refractivity contribution in [1.82, 2.24) is 15.2 Å². The van der Waals surface area contributed by atoms with Crippen LogP contribution in [0.2, 0.25) is 0 Å². The molecular weight excluding hydrogens is 557 g/mol. The van der Waals surface area contributed by atoms with Crippen LogP contribution in [0.15, 0.2) is 71.3 Å². The Hall–Kier alpha value is -4.31. The summed E-state index contributed by atoms with van der Waals surface area (Å²) >= 11 is 6.13. The average molecular weight is 583 g/mol. The molecule has 4 aromatic rings. The molecule has 0 spiro atoms. The third-order valence-corrected chi connectivity index (χ3v) is 7.26. The predicted molar refractivity (Wildman–Crippen MR) is 151 cm³/mol. The highest BCUT2D eigenvalue weighted by Crippen LogP contribution is 2.39. The van der Waals surface area contributed by atoms with Gasteiger partial charge in [0.2, 0.25) is 5.91 Å². The van der Waals surface area contributed by atoms with E-state index in [0.717, 1.165) is 18.9 Å². The maximum Gasteiger partial charge on any atom is 0.420 e. The first-order valence-electron chi connectivity index (χ1n) is 12.9. The number of hydrogen-bond donors (Lipinski definition) is 2. The number of piperidine rings is 1. The molecule has 3 heterocycles. The van der Waals surface area contributed by atoms with Gasteiger partial charge in [-0.2, -0.15) is 13.2 Å². The maximum absolute atomic E-state index is 14.0. The van der Waals surface area contributed by atoms with Gasteiger partial charge in [-0.05, 0) is 78.1 Å². The van der Waals surface area contributed by atoms with Crippen LogP contribution in [0, 0.1) is 0 Å². The van der Waals surface area contributed by atoms with E-state index in [9.17, 15) is 22.8 Å². The lowest BCUT2D eigenvalue weighted by Crippen LogP contribution is -2.38. The number of pyridine rings is 1. The van der Waals surface area contributed by atoms with E-state index in [1.165, 1.54) is 24.4 Å². The second kappa shape index (κ2) is 11.7. The second-order valence-electron chi connectivity index (χ2n) is 9.76. The fourth-order valence-corrected chi connectivity index (χ4v) is 4.83. The van der Waals surface area contributed by atoms with Gasteiger partial charge in [-0.15, -0.1) is 11.6 Å². The van der Waals surface area contributed by atoms with Crippen LogP contribution in [-0.2, 0) is 17.5 Å². The van der Waals surface area contributed by atoms with Gasteiger partial charge < -0.3 is 20.4 Å². The van der Waals surface area contributed by atoms with E-state index in [1.807, 2.05) is 0 Å². The van der Waals surface area contributed by atoms with Crippen molar-refractivity contribution < 1.29 is 27.2 Å². The fraction of sp³-hybridized carbons (Fsp3) is 0.233. The number of benzene rings is 2. The molecule has 212 valence electrons. The third kappa shape index (κ3) is 6.71. The quantitative estimate of drug-likeness (QED) is 0.206. The van der Waals surface area contributed by atoms with Crippen LogP contribution in [0.3, 0.4) is 0 Å². The van der Waals surface area contributed by atoms with Crippen molar-refractivity contribution in [2.75, 3.05) is 18.8 Å². The molecule has 3 N–H and O–H groups in total. The number of carbonyl (C=O) groups excluding carboxylic acids is 2. The Morgan fingerprint density at radius 3 is 2.46 bits per heavy atom. The number of nitrogens with two attached hydrogens (primary N) is 1. The minimum atomic E-state index is -4.67. The molecule has 1 fully saturated rings. The highest BCUT2D eigenvalue weighted by Gasteiger charge is 2.35. The summed E-state index contributed by atoms with van der Waals surface area (Å²) in [6.07, 6.45) is 1.09. The standard InChI is InChI=1S/C30H26ClF3N4O3/c31-23-9-11-38(12-10-23)29(40)20-5-3-19(4-6-20)21-13-22-14-24(41-28(22)25(15-21)30(32,33)34)17-37-27(39)8-2-18-1-7-26(35)36-16-18/h1-8,13-16,23H,9-12,17H2,(H2,35,36)(H,37,39). The molecule has 7 nitrogen and oxygen atoms in total. The summed E-state index contributed by atoms with van der Waals surface area (Å²) in [5, 5.41) is 2.91. The van der Waals surface area contributed by atoms with Crippen molar-refractivity contribution >= 4 is 46.3 Å². The van der Waals surface area contributed by atoms with Crippen LogP contribution in [-0.4, -0.2) is 40.2 Å².